The van der Waals surface area contributed by atoms with E-state index in [4.69, 9.17) is 10.5 Å². The van der Waals surface area contributed by atoms with Gasteiger partial charge >= 0.3 is 11.8 Å². The molecule has 0 spiro atoms. The maximum Gasteiger partial charge on any atom is 0.407 e. The first-order chi connectivity index (χ1) is 9.59. The molecule has 0 bridgehead atoms. The summed E-state index contributed by atoms with van der Waals surface area (Å²) in [6.45, 7) is 7.11. The van der Waals surface area contributed by atoms with Crippen molar-refractivity contribution in [2.45, 2.75) is 38.7 Å². The van der Waals surface area contributed by atoms with E-state index in [1.807, 2.05) is 0 Å². The molecule has 0 fully saturated rings. The number of aromatic amines is 1. The van der Waals surface area contributed by atoms with Crippen molar-refractivity contribution in [1.29, 1.82) is 0 Å². The molecule has 1 heterocycles. The van der Waals surface area contributed by atoms with E-state index in [2.05, 4.69) is 15.5 Å². The number of carbonyl (C=O) groups is 1. The number of carbonyl (C=O) groups excluding carboxylic acids is 1. The summed E-state index contributed by atoms with van der Waals surface area (Å²) in [7, 11) is 0. The van der Waals surface area contributed by atoms with Crippen molar-refractivity contribution >= 4 is 11.8 Å². The quantitative estimate of drug-likeness (QED) is 0.549. The molecule has 0 saturated heterocycles. The van der Waals surface area contributed by atoms with E-state index >= 15 is 0 Å². The molecule has 1 aromatic heterocycles. The number of alkyl carbamates (subject to hydrolysis) is 1. The number of H-pyrrole nitrogens is 1. The summed E-state index contributed by atoms with van der Waals surface area (Å²) >= 11 is 0. The first kappa shape index (κ1) is 16.9. The van der Waals surface area contributed by atoms with Crippen LogP contribution in [0, 0.1) is 10.1 Å². The van der Waals surface area contributed by atoms with Crippen molar-refractivity contribution in [3.63, 3.8) is 0 Å². The number of nitrogens with two attached hydrogens (primary N) is 1. The van der Waals surface area contributed by atoms with E-state index < -0.39 is 22.0 Å². The first-order valence-electron chi connectivity index (χ1n) is 6.44. The Balaban J connectivity index is 2.84. The van der Waals surface area contributed by atoms with Gasteiger partial charge in [-0.2, -0.15) is 5.10 Å². The summed E-state index contributed by atoms with van der Waals surface area (Å²) < 4.78 is 5.12. The third kappa shape index (κ3) is 4.42. The van der Waals surface area contributed by atoms with Crippen LogP contribution in [-0.4, -0.2) is 39.9 Å². The summed E-state index contributed by atoms with van der Waals surface area (Å²) in [4.78, 5) is 22.1. The van der Waals surface area contributed by atoms with Gasteiger partial charge in [0.05, 0.1) is 4.92 Å². The number of rotatable bonds is 5. The molecular formula is C12H21N5O4. The molecule has 1 atom stereocenters. The SMILES string of the molecule is CC(C)(C)OC(=O)NCC(C)(CN)c1[nH]ncc1[N+](=O)[O-]. The Morgan fingerprint density at radius 3 is 2.62 bits per heavy atom. The molecule has 0 aliphatic heterocycles. The minimum absolute atomic E-state index is 0.0848. The second-order valence-electron chi connectivity index (χ2n) is 6.01. The van der Waals surface area contributed by atoms with Crippen LogP contribution in [0.4, 0.5) is 10.5 Å². The van der Waals surface area contributed by atoms with Gasteiger partial charge in [0.1, 0.15) is 17.5 Å². The fourth-order valence-electron chi connectivity index (χ4n) is 1.71. The fraction of sp³-hybridized carbons (Fsp3) is 0.667. The van der Waals surface area contributed by atoms with Gasteiger partial charge in [-0.1, -0.05) is 6.92 Å². The van der Waals surface area contributed by atoms with E-state index in [0.717, 1.165) is 6.20 Å². The van der Waals surface area contributed by atoms with Crippen molar-refractivity contribution < 1.29 is 14.5 Å². The van der Waals surface area contributed by atoms with Crippen molar-refractivity contribution in [3.05, 3.63) is 22.0 Å². The number of amides is 1. The maximum atomic E-state index is 11.7. The molecule has 0 saturated carbocycles. The van der Waals surface area contributed by atoms with Gasteiger partial charge in [-0.15, -0.1) is 0 Å². The van der Waals surface area contributed by atoms with Crippen LogP contribution < -0.4 is 11.1 Å². The van der Waals surface area contributed by atoms with Crippen LogP contribution in [-0.2, 0) is 10.2 Å². The standard InChI is InChI=1S/C12H21N5O4/c1-11(2,3)21-10(18)14-7-12(4,6-13)9-8(17(19)20)5-15-16-9/h5H,6-7,13H2,1-4H3,(H,14,18)(H,15,16). The molecule has 1 amide bonds. The summed E-state index contributed by atoms with van der Waals surface area (Å²) in [5, 5.41) is 19.8. The number of nitro groups is 1. The Hall–Kier alpha value is -2.16. The Bertz CT molecular complexity index is 522. The van der Waals surface area contributed by atoms with Crippen LogP contribution >= 0.6 is 0 Å². The van der Waals surface area contributed by atoms with Crippen molar-refractivity contribution in [2.75, 3.05) is 13.1 Å². The Kier molecular flexibility index (Phi) is 4.89. The molecule has 118 valence electrons. The highest BCUT2D eigenvalue weighted by molar-refractivity contribution is 5.67. The zero-order valence-corrected chi connectivity index (χ0v) is 12.6. The van der Waals surface area contributed by atoms with Crippen molar-refractivity contribution in [2.24, 2.45) is 5.73 Å². The van der Waals surface area contributed by atoms with Gasteiger partial charge in [-0.3, -0.25) is 15.2 Å². The van der Waals surface area contributed by atoms with Crippen molar-refractivity contribution in [3.8, 4) is 0 Å². The highest BCUT2D eigenvalue weighted by atomic mass is 16.6. The predicted molar refractivity (Wildman–Crippen MR) is 75.9 cm³/mol. The van der Waals surface area contributed by atoms with Gasteiger partial charge in [-0.05, 0) is 20.8 Å². The Morgan fingerprint density at radius 1 is 1.52 bits per heavy atom. The molecule has 0 aliphatic rings. The average Bonchev–Trinajstić information content (AvgIpc) is 2.84. The number of nitrogens with one attached hydrogen (secondary N) is 2. The molecule has 0 aromatic carbocycles. The van der Waals surface area contributed by atoms with Crippen LogP contribution in [0.5, 0.6) is 0 Å². The van der Waals surface area contributed by atoms with Crippen LogP contribution in [0.15, 0.2) is 6.20 Å². The zero-order valence-electron chi connectivity index (χ0n) is 12.6. The normalized spacial score (nSPS) is 14.3. The van der Waals surface area contributed by atoms with Gasteiger partial charge in [0, 0.05) is 18.5 Å². The minimum Gasteiger partial charge on any atom is -0.444 e. The number of aromatic nitrogens is 2. The lowest BCUT2D eigenvalue weighted by Crippen LogP contribution is -2.45. The molecule has 1 aromatic rings. The zero-order chi connectivity index (χ0) is 16.3. The van der Waals surface area contributed by atoms with Gasteiger partial charge in [-0.25, -0.2) is 4.79 Å². The second kappa shape index (κ2) is 6.08. The lowest BCUT2D eigenvalue weighted by atomic mass is 9.86. The van der Waals surface area contributed by atoms with E-state index in [1.54, 1.807) is 27.7 Å². The lowest BCUT2D eigenvalue weighted by Gasteiger charge is -2.27. The Morgan fingerprint density at radius 2 is 2.14 bits per heavy atom. The molecule has 1 unspecified atom stereocenters. The third-order valence-corrected chi connectivity index (χ3v) is 2.89. The largest absolute Gasteiger partial charge is 0.444 e. The van der Waals surface area contributed by atoms with Crippen LogP contribution in [0.3, 0.4) is 0 Å². The number of hydrogen-bond acceptors (Lipinski definition) is 6. The first-order valence-corrected chi connectivity index (χ1v) is 6.44. The lowest BCUT2D eigenvalue weighted by molar-refractivity contribution is -0.386. The molecular weight excluding hydrogens is 278 g/mol. The summed E-state index contributed by atoms with van der Waals surface area (Å²) in [6.07, 6.45) is 0.515. The molecule has 4 N–H and O–H groups in total. The topological polar surface area (TPSA) is 136 Å². The van der Waals surface area contributed by atoms with Gasteiger partial charge in [0.2, 0.25) is 0 Å². The monoisotopic (exact) mass is 299 g/mol. The maximum absolute atomic E-state index is 11.7. The van der Waals surface area contributed by atoms with Crippen LogP contribution in [0.2, 0.25) is 0 Å². The summed E-state index contributed by atoms with van der Waals surface area (Å²) in [6, 6.07) is 0. The van der Waals surface area contributed by atoms with E-state index in [-0.39, 0.29) is 24.5 Å². The molecule has 9 nitrogen and oxygen atoms in total. The van der Waals surface area contributed by atoms with E-state index in [1.165, 1.54) is 0 Å². The molecule has 9 heteroatoms. The van der Waals surface area contributed by atoms with Gasteiger partial charge in [0.15, 0.2) is 0 Å². The Labute approximate surface area is 122 Å². The summed E-state index contributed by atoms with van der Waals surface area (Å²) in [5.41, 5.74) is 4.36. The van der Waals surface area contributed by atoms with E-state index in [9.17, 15) is 14.9 Å². The second-order valence-corrected chi connectivity index (χ2v) is 6.01. The highest BCUT2D eigenvalue weighted by Crippen LogP contribution is 2.28. The van der Waals surface area contributed by atoms with Gasteiger partial charge in [0.25, 0.3) is 0 Å². The number of ether oxygens (including phenoxy) is 1. The predicted octanol–water partition coefficient (Wildman–Crippen LogP) is 1.06. The molecule has 21 heavy (non-hydrogen) atoms. The van der Waals surface area contributed by atoms with Crippen molar-refractivity contribution in [1.82, 2.24) is 15.5 Å². The van der Waals surface area contributed by atoms with Crippen LogP contribution in [0.1, 0.15) is 33.4 Å². The number of hydrogen-bond donors (Lipinski definition) is 3. The average molecular weight is 299 g/mol. The molecule has 0 aliphatic carbocycles. The third-order valence-electron chi connectivity index (χ3n) is 2.89. The van der Waals surface area contributed by atoms with Crippen LogP contribution in [0.25, 0.3) is 0 Å². The molecule has 1 rings (SSSR count). The summed E-state index contributed by atoms with van der Waals surface area (Å²) in [5.74, 6) is 0. The molecule has 0 radical (unpaired) electrons. The smallest absolute Gasteiger partial charge is 0.407 e. The minimum atomic E-state index is -0.851. The van der Waals surface area contributed by atoms with Gasteiger partial charge < -0.3 is 15.8 Å². The fourth-order valence-corrected chi connectivity index (χ4v) is 1.71. The van der Waals surface area contributed by atoms with E-state index in [0.29, 0.717) is 0 Å². The number of nitrogens with zero attached hydrogens (tertiary/aromatic N) is 2. The highest BCUT2D eigenvalue weighted by Gasteiger charge is 2.35.